The Morgan fingerprint density at radius 1 is 1.33 bits per heavy atom. The topological polar surface area (TPSA) is 31.4 Å². The molecule has 1 aromatic heterocycles. The van der Waals surface area contributed by atoms with Crippen LogP contribution in [-0.4, -0.2) is 29.4 Å². The van der Waals surface area contributed by atoms with E-state index in [-0.39, 0.29) is 6.29 Å². The van der Waals surface area contributed by atoms with Gasteiger partial charge in [-0.05, 0) is 24.1 Å². The van der Waals surface area contributed by atoms with Crippen LogP contribution in [0.25, 0.3) is 10.2 Å². The van der Waals surface area contributed by atoms with Gasteiger partial charge >= 0.3 is 0 Å². The monoisotopic (exact) mass is 278 g/mol. The van der Waals surface area contributed by atoms with Gasteiger partial charge in [0.1, 0.15) is 0 Å². The number of aromatic nitrogens is 1. The Labute approximate surface area is 115 Å². The fraction of sp³-hybridized carbons (Fsp3) is 0.462. The van der Waals surface area contributed by atoms with E-state index in [0.29, 0.717) is 0 Å². The number of benzene rings is 1. The lowest BCUT2D eigenvalue weighted by Crippen LogP contribution is -2.18. The van der Waals surface area contributed by atoms with Crippen LogP contribution in [0.3, 0.4) is 0 Å². The smallest absolute Gasteiger partial charge is 0.183 e. The van der Waals surface area contributed by atoms with Crippen molar-refractivity contribution < 1.29 is 9.47 Å². The van der Waals surface area contributed by atoms with Crippen molar-refractivity contribution >= 4 is 37.0 Å². The van der Waals surface area contributed by atoms with Crippen LogP contribution >= 0.6 is 11.3 Å². The largest absolute Gasteiger partial charge is 0.352 e. The molecule has 18 heavy (non-hydrogen) atoms. The quantitative estimate of drug-likeness (QED) is 0.621. The van der Waals surface area contributed by atoms with Crippen molar-refractivity contribution in [3.63, 3.8) is 0 Å². The average molecular weight is 278 g/mol. The molecule has 0 N–H and O–H groups in total. The van der Waals surface area contributed by atoms with Crippen molar-refractivity contribution in [3.05, 3.63) is 22.7 Å². The zero-order valence-electron chi connectivity index (χ0n) is 10.8. The van der Waals surface area contributed by atoms with Gasteiger partial charge in [-0.25, -0.2) is 4.98 Å². The molecule has 1 heterocycles. The van der Waals surface area contributed by atoms with E-state index in [2.05, 4.69) is 28.2 Å². The molecule has 0 atom stereocenters. The molecular weight excluding hydrogens is 262 g/mol. The minimum Gasteiger partial charge on any atom is -0.352 e. The van der Waals surface area contributed by atoms with Gasteiger partial charge < -0.3 is 9.47 Å². The molecular formula is C13H16NO2SSi. The van der Waals surface area contributed by atoms with Gasteiger partial charge in [0.2, 0.25) is 0 Å². The first-order chi connectivity index (χ1) is 8.71. The normalized spacial score (nSPS) is 11.6. The fourth-order valence-electron chi connectivity index (χ4n) is 1.92. The third-order valence-electron chi connectivity index (χ3n) is 2.78. The van der Waals surface area contributed by atoms with E-state index in [0.717, 1.165) is 29.1 Å². The van der Waals surface area contributed by atoms with E-state index in [1.54, 1.807) is 25.6 Å². The first-order valence-corrected chi connectivity index (χ1v) is 7.22. The average Bonchev–Trinajstić information content (AvgIpc) is 2.77. The van der Waals surface area contributed by atoms with Crippen LogP contribution in [0.5, 0.6) is 0 Å². The Bertz CT molecular complexity index is 537. The molecule has 2 aromatic rings. The molecule has 3 radical (unpaired) electrons. The van der Waals surface area contributed by atoms with Crippen LogP contribution in [0.4, 0.5) is 0 Å². The zero-order chi connectivity index (χ0) is 13.1. The van der Waals surface area contributed by atoms with Crippen molar-refractivity contribution in [1.29, 1.82) is 0 Å². The van der Waals surface area contributed by atoms with Crippen LogP contribution < -0.4 is 5.19 Å². The number of rotatable bonds is 5. The molecule has 5 heteroatoms. The SMILES string of the molecule is CCCc1nc2c([Si])c(C(OC)OC)ccc2s1. The predicted molar refractivity (Wildman–Crippen MR) is 75.8 cm³/mol. The van der Waals surface area contributed by atoms with Gasteiger partial charge in [-0.15, -0.1) is 11.3 Å². The first-order valence-electron chi connectivity index (χ1n) is 5.90. The molecule has 95 valence electrons. The summed E-state index contributed by atoms with van der Waals surface area (Å²) in [4.78, 5) is 4.67. The third-order valence-corrected chi connectivity index (χ3v) is 4.39. The van der Waals surface area contributed by atoms with Crippen LogP contribution in [0.2, 0.25) is 0 Å². The van der Waals surface area contributed by atoms with E-state index < -0.39 is 0 Å². The molecule has 2 rings (SSSR count). The highest BCUT2D eigenvalue weighted by atomic mass is 32.1. The summed E-state index contributed by atoms with van der Waals surface area (Å²) in [5.41, 5.74) is 1.97. The highest BCUT2D eigenvalue weighted by Gasteiger charge is 2.15. The predicted octanol–water partition coefficient (Wildman–Crippen LogP) is 2.33. The van der Waals surface area contributed by atoms with Gasteiger partial charge in [0, 0.05) is 19.8 Å². The van der Waals surface area contributed by atoms with Crippen molar-refractivity contribution in [1.82, 2.24) is 4.98 Å². The highest BCUT2D eigenvalue weighted by Crippen LogP contribution is 2.25. The van der Waals surface area contributed by atoms with E-state index in [4.69, 9.17) is 9.47 Å². The second-order valence-corrected chi connectivity index (χ2v) is 5.65. The molecule has 3 nitrogen and oxygen atoms in total. The van der Waals surface area contributed by atoms with E-state index in [9.17, 15) is 0 Å². The summed E-state index contributed by atoms with van der Waals surface area (Å²) in [5, 5.41) is 2.13. The molecule has 0 amide bonds. The number of methoxy groups -OCH3 is 2. The second kappa shape index (κ2) is 5.93. The Kier molecular flexibility index (Phi) is 4.50. The summed E-state index contributed by atoms with van der Waals surface area (Å²) < 4.78 is 11.8. The second-order valence-electron chi connectivity index (χ2n) is 4.04. The lowest BCUT2D eigenvalue weighted by Gasteiger charge is -2.16. The minimum atomic E-state index is -0.363. The van der Waals surface area contributed by atoms with E-state index in [1.807, 2.05) is 6.07 Å². The van der Waals surface area contributed by atoms with E-state index >= 15 is 0 Å². The van der Waals surface area contributed by atoms with Gasteiger partial charge in [0.05, 0.1) is 25.5 Å². The standard InChI is InChI=1S/C13H16NO2SSi/c1-4-5-10-14-11-9(17-10)7-6-8(12(11)18)13(15-2)16-3/h6-7,13H,4-5H2,1-3H3. The molecule has 0 saturated carbocycles. The number of ether oxygens (including phenoxy) is 2. The molecule has 0 spiro atoms. The molecule has 0 bridgehead atoms. The highest BCUT2D eigenvalue weighted by molar-refractivity contribution is 7.18. The summed E-state index contributed by atoms with van der Waals surface area (Å²) in [6.45, 7) is 2.16. The molecule has 0 aliphatic carbocycles. The van der Waals surface area contributed by atoms with E-state index in [1.165, 1.54) is 9.71 Å². The summed E-state index contributed by atoms with van der Waals surface area (Å²) in [6.07, 6.45) is 1.78. The Morgan fingerprint density at radius 3 is 2.67 bits per heavy atom. The maximum absolute atomic E-state index is 5.29. The van der Waals surface area contributed by atoms with Crippen LogP contribution in [0, 0.1) is 0 Å². The minimum absolute atomic E-state index is 0.363. The Morgan fingerprint density at radius 2 is 2.06 bits per heavy atom. The molecule has 1 aromatic carbocycles. The Balaban J connectivity index is 2.49. The van der Waals surface area contributed by atoms with Gasteiger partial charge in [0.15, 0.2) is 6.29 Å². The van der Waals surface area contributed by atoms with Crippen LogP contribution in [-0.2, 0) is 15.9 Å². The van der Waals surface area contributed by atoms with Gasteiger partial charge in [-0.1, -0.05) is 13.0 Å². The van der Waals surface area contributed by atoms with Crippen molar-refractivity contribution in [2.24, 2.45) is 0 Å². The number of hydrogen-bond acceptors (Lipinski definition) is 4. The Hall–Kier alpha value is -0.753. The van der Waals surface area contributed by atoms with Crippen LogP contribution in [0.1, 0.15) is 30.2 Å². The molecule has 0 unspecified atom stereocenters. The zero-order valence-corrected chi connectivity index (χ0v) is 12.6. The van der Waals surface area contributed by atoms with Gasteiger partial charge in [-0.2, -0.15) is 0 Å². The van der Waals surface area contributed by atoms with Crippen molar-refractivity contribution in [2.75, 3.05) is 14.2 Å². The summed E-state index contributed by atoms with van der Waals surface area (Å²) in [5.74, 6) is 0. The first kappa shape index (κ1) is 13.7. The summed E-state index contributed by atoms with van der Waals surface area (Å²) in [6, 6.07) is 4.10. The molecule has 0 saturated heterocycles. The fourth-order valence-corrected chi connectivity index (χ4v) is 3.48. The van der Waals surface area contributed by atoms with Gasteiger partial charge in [-0.3, -0.25) is 0 Å². The third kappa shape index (κ3) is 2.49. The maximum Gasteiger partial charge on any atom is 0.183 e. The van der Waals surface area contributed by atoms with Gasteiger partial charge in [0.25, 0.3) is 0 Å². The lowest BCUT2D eigenvalue weighted by atomic mass is 10.2. The summed E-state index contributed by atoms with van der Waals surface area (Å²) in [7, 11) is 6.93. The van der Waals surface area contributed by atoms with Crippen LogP contribution in [0.15, 0.2) is 12.1 Å². The maximum atomic E-state index is 5.29. The van der Waals surface area contributed by atoms with Crippen molar-refractivity contribution in [3.8, 4) is 0 Å². The number of thiazole rings is 1. The van der Waals surface area contributed by atoms with Crippen molar-refractivity contribution in [2.45, 2.75) is 26.1 Å². The number of nitrogens with zero attached hydrogens (tertiary/aromatic N) is 1. The lowest BCUT2D eigenvalue weighted by molar-refractivity contribution is -0.105. The number of aryl methyl sites for hydroxylation is 1. The summed E-state index contributed by atoms with van der Waals surface area (Å²) >= 11 is 1.75. The molecule has 0 aliphatic rings. The molecule has 0 aliphatic heterocycles. The number of hydrogen-bond donors (Lipinski definition) is 0. The molecule has 0 fully saturated rings. The number of fused-ring (bicyclic) bond motifs is 1.